The first-order valence-corrected chi connectivity index (χ1v) is 8.83. The van der Waals surface area contributed by atoms with Gasteiger partial charge in [0.2, 0.25) is 0 Å². The SMILES string of the molecule is COc1c(C)cc(N(C)C)c(-c2c(Br)cc(C(F)(F)F)cc2C(F)(F)F)c1C. The lowest BCUT2D eigenvalue weighted by molar-refractivity contribution is -0.142. The third-order valence-electron chi connectivity index (χ3n) is 4.34. The van der Waals surface area contributed by atoms with Crippen LogP contribution in [-0.2, 0) is 12.4 Å². The van der Waals surface area contributed by atoms with Gasteiger partial charge in [-0.15, -0.1) is 0 Å². The number of methoxy groups -OCH3 is 1. The van der Waals surface area contributed by atoms with Crippen molar-refractivity contribution < 1.29 is 31.1 Å². The van der Waals surface area contributed by atoms with Crippen LogP contribution in [0.15, 0.2) is 22.7 Å². The van der Waals surface area contributed by atoms with E-state index in [1.54, 1.807) is 38.9 Å². The zero-order valence-electron chi connectivity index (χ0n) is 15.7. The average molecular weight is 470 g/mol. The van der Waals surface area contributed by atoms with Gasteiger partial charge in [-0.05, 0) is 37.6 Å². The Morgan fingerprint density at radius 3 is 1.89 bits per heavy atom. The van der Waals surface area contributed by atoms with E-state index in [0.29, 0.717) is 28.6 Å². The standard InChI is InChI=1S/C19H18BrF6NO/c1-9-6-14(27(3)4)15(10(2)17(9)28-5)16-12(19(24,25)26)7-11(8-13(16)20)18(21,22)23/h6-8H,1-5H3. The summed E-state index contributed by atoms with van der Waals surface area (Å²) in [5.41, 5.74) is -1.42. The summed E-state index contributed by atoms with van der Waals surface area (Å²) in [5.74, 6) is 0.375. The highest BCUT2D eigenvalue weighted by Gasteiger charge is 2.40. The molecule has 0 atom stereocenters. The Balaban J connectivity index is 3.04. The van der Waals surface area contributed by atoms with E-state index in [0.717, 1.165) is 0 Å². The van der Waals surface area contributed by atoms with Crippen LogP contribution in [0.2, 0.25) is 0 Å². The molecule has 2 aromatic rings. The molecule has 154 valence electrons. The molecule has 0 saturated carbocycles. The van der Waals surface area contributed by atoms with Gasteiger partial charge in [-0.3, -0.25) is 0 Å². The second-order valence-corrected chi connectivity index (χ2v) is 7.37. The highest BCUT2D eigenvalue weighted by Crippen LogP contribution is 2.49. The summed E-state index contributed by atoms with van der Waals surface area (Å²) < 4.78 is 85.7. The first-order valence-electron chi connectivity index (χ1n) is 8.04. The number of anilines is 1. The zero-order chi connectivity index (χ0) is 21.6. The Bertz CT molecular complexity index is 903. The summed E-state index contributed by atoms with van der Waals surface area (Å²) in [6, 6.07) is 2.45. The predicted molar refractivity (Wildman–Crippen MR) is 99.9 cm³/mol. The van der Waals surface area contributed by atoms with Crippen LogP contribution in [0.25, 0.3) is 11.1 Å². The zero-order valence-corrected chi connectivity index (χ0v) is 17.3. The van der Waals surface area contributed by atoms with Crippen molar-refractivity contribution in [3.8, 4) is 16.9 Å². The van der Waals surface area contributed by atoms with Crippen LogP contribution in [0.1, 0.15) is 22.3 Å². The molecule has 0 unspecified atom stereocenters. The monoisotopic (exact) mass is 469 g/mol. The number of nitrogens with zero attached hydrogens (tertiary/aromatic N) is 1. The topological polar surface area (TPSA) is 12.5 Å². The highest BCUT2D eigenvalue weighted by atomic mass is 79.9. The van der Waals surface area contributed by atoms with Crippen LogP contribution in [0, 0.1) is 13.8 Å². The number of rotatable bonds is 3. The van der Waals surface area contributed by atoms with Gasteiger partial charge in [0, 0.05) is 40.9 Å². The molecule has 0 fully saturated rings. The van der Waals surface area contributed by atoms with Crippen LogP contribution < -0.4 is 9.64 Å². The summed E-state index contributed by atoms with van der Waals surface area (Å²) >= 11 is 2.94. The maximum Gasteiger partial charge on any atom is 0.417 e. The minimum Gasteiger partial charge on any atom is -0.496 e. The summed E-state index contributed by atoms with van der Waals surface area (Å²) in [7, 11) is 4.69. The number of ether oxygens (including phenoxy) is 1. The quantitative estimate of drug-likeness (QED) is 0.456. The van der Waals surface area contributed by atoms with Crippen LogP contribution in [0.3, 0.4) is 0 Å². The summed E-state index contributed by atoms with van der Waals surface area (Å²) in [6.45, 7) is 3.33. The van der Waals surface area contributed by atoms with Crippen molar-refractivity contribution in [1.29, 1.82) is 0 Å². The lowest BCUT2D eigenvalue weighted by Crippen LogP contribution is -2.16. The van der Waals surface area contributed by atoms with E-state index in [2.05, 4.69) is 15.9 Å². The number of hydrogen-bond acceptors (Lipinski definition) is 2. The molecule has 2 rings (SSSR count). The minimum absolute atomic E-state index is 0.144. The van der Waals surface area contributed by atoms with Crippen molar-refractivity contribution in [2.75, 3.05) is 26.1 Å². The lowest BCUT2D eigenvalue weighted by Gasteiger charge is -2.26. The Hall–Kier alpha value is -1.90. The molecule has 0 amide bonds. The lowest BCUT2D eigenvalue weighted by atomic mass is 9.90. The highest BCUT2D eigenvalue weighted by molar-refractivity contribution is 9.10. The molecular formula is C19H18BrF6NO. The molecule has 0 aromatic heterocycles. The van der Waals surface area contributed by atoms with Gasteiger partial charge >= 0.3 is 12.4 Å². The Morgan fingerprint density at radius 1 is 0.893 bits per heavy atom. The molecule has 0 aliphatic rings. The van der Waals surface area contributed by atoms with Crippen molar-refractivity contribution in [2.24, 2.45) is 0 Å². The summed E-state index contributed by atoms with van der Waals surface area (Å²) in [4.78, 5) is 1.61. The molecule has 2 nitrogen and oxygen atoms in total. The van der Waals surface area contributed by atoms with Gasteiger partial charge in [-0.1, -0.05) is 15.9 Å². The molecule has 0 heterocycles. The molecule has 0 radical (unpaired) electrons. The molecule has 28 heavy (non-hydrogen) atoms. The number of alkyl halides is 6. The van der Waals surface area contributed by atoms with Crippen LogP contribution in [-0.4, -0.2) is 21.2 Å². The van der Waals surface area contributed by atoms with E-state index in [1.807, 2.05) is 0 Å². The van der Waals surface area contributed by atoms with Gasteiger partial charge in [0.15, 0.2) is 0 Å². The minimum atomic E-state index is -4.99. The largest absolute Gasteiger partial charge is 0.496 e. The fourth-order valence-electron chi connectivity index (χ4n) is 3.17. The summed E-state index contributed by atoms with van der Waals surface area (Å²) in [5, 5.41) is 0. The van der Waals surface area contributed by atoms with Crippen molar-refractivity contribution in [2.45, 2.75) is 26.2 Å². The molecule has 0 aliphatic heterocycles. The predicted octanol–water partition coefficient (Wildman–Crippen LogP) is 6.85. The van der Waals surface area contributed by atoms with Crippen molar-refractivity contribution in [1.82, 2.24) is 0 Å². The van der Waals surface area contributed by atoms with E-state index in [4.69, 9.17) is 4.74 Å². The van der Waals surface area contributed by atoms with Gasteiger partial charge in [0.25, 0.3) is 0 Å². The Labute approximate surface area is 167 Å². The Morgan fingerprint density at radius 2 is 1.46 bits per heavy atom. The first-order chi connectivity index (χ1) is 12.7. The summed E-state index contributed by atoms with van der Waals surface area (Å²) in [6.07, 6.45) is -9.90. The number of aryl methyl sites for hydroxylation is 1. The smallest absolute Gasteiger partial charge is 0.417 e. The van der Waals surface area contributed by atoms with E-state index >= 15 is 0 Å². The van der Waals surface area contributed by atoms with E-state index in [-0.39, 0.29) is 21.7 Å². The molecular weight excluding hydrogens is 452 g/mol. The van der Waals surface area contributed by atoms with Crippen LogP contribution in [0.5, 0.6) is 5.75 Å². The Kier molecular flexibility index (Phi) is 5.99. The van der Waals surface area contributed by atoms with Crippen molar-refractivity contribution in [3.63, 3.8) is 0 Å². The van der Waals surface area contributed by atoms with E-state index in [9.17, 15) is 26.3 Å². The average Bonchev–Trinajstić information content (AvgIpc) is 2.53. The molecule has 9 heteroatoms. The van der Waals surface area contributed by atoms with Crippen molar-refractivity contribution in [3.05, 3.63) is 44.9 Å². The third kappa shape index (κ3) is 4.09. The van der Waals surface area contributed by atoms with Gasteiger partial charge in [0.05, 0.1) is 18.2 Å². The fourth-order valence-corrected chi connectivity index (χ4v) is 3.83. The number of halogens is 7. The van der Waals surface area contributed by atoms with Gasteiger partial charge in [0.1, 0.15) is 5.75 Å². The fraction of sp³-hybridized carbons (Fsp3) is 0.368. The van der Waals surface area contributed by atoms with Gasteiger partial charge < -0.3 is 9.64 Å². The normalized spacial score (nSPS) is 12.3. The molecule has 0 N–H and O–H groups in total. The maximum atomic E-state index is 13.8. The second-order valence-electron chi connectivity index (χ2n) is 6.52. The van der Waals surface area contributed by atoms with E-state index in [1.165, 1.54) is 7.11 Å². The molecule has 0 spiro atoms. The third-order valence-corrected chi connectivity index (χ3v) is 4.97. The molecule has 0 bridgehead atoms. The van der Waals surface area contributed by atoms with Crippen molar-refractivity contribution >= 4 is 21.6 Å². The number of benzene rings is 2. The van der Waals surface area contributed by atoms with Crippen LogP contribution in [0.4, 0.5) is 32.0 Å². The number of hydrogen-bond donors (Lipinski definition) is 0. The molecule has 0 aliphatic carbocycles. The van der Waals surface area contributed by atoms with Crippen LogP contribution >= 0.6 is 15.9 Å². The second kappa shape index (κ2) is 7.50. The van der Waals surface area contributed by atoms with E-state index < -0.39 is 23.5 Å². The van der Waals surface area contributed by atoms with Gasteiger partial charge in [-0.2, -0.15) is 26.3 Å². The molecule has 2 aromatic carbocycles. The molecule has 0 saturated heterocycles. The van der Waals surface area contributed by atoms with Gasteiger partial charge in [-0.25, -0.2) is 0 Å². The first kappa shape index (κ1) is 22.4. The maximum absolute atomic E-state index is 13.8.